The summed E-state index contributed by atoms with van der Waals surface area (Å²) in [5.74, 6) is 0.730. The van der Waals surface area contributed by atoms with Crippen molar-refractivity contribution in [2.75, 3.05) is 32.2 Å². The number of nitrogens with one attached hydrogen (secondary N) is 1. The molecule has 3 nitrogen and oxygen atoms in total. The van der Waals surface area contributed by atoms with E-state index >= 15 is 0 Å². The first-order valence-corrected chi connectivity index (χ1v) is 8.08. The number of ether oxygens (including phenoxy) is 2. The minimum absolute atomic E-state index is 0.0820. The van der Waals surface area contributed by atoms with Crippen molar-refractivity contribution in [3.8, 4) is 0 Å². The van der Waals surface area contributed by atoms with Crippen molar-refractivity contribution in [2.45, 2.75) is 45.5 Å². The predicted octanol–water partition coefficient (Wildman–Crippen LogP) is 1.75. The molecule has 0 radical (unpaired) electrons. The minimum atomic E-state index is 0.0820. The lowest BCUT2D eigenvalue weighted by Gasteiger charge is -2.15. The summed E-state index contributed by atoms with van der Waals surface area (Å²) in [5, 5.41) is 0. The molecule has 0 bridgehead atoms. The number of alkyl halides is 1. The Morgan fingerprint density at radius 3 is 2.35 bits per heavy atom. The van der Waals surface area contributed by atoms with E-state index in [1.54, 1.807) is 0 Å². The van der Waals surface area contributed by atoms with Crippen molar-refractivity contribution in [1.29, 1.82) is 0 Å². The van der Waals surface area contributed by atoms with Crippen LogP contribution in [0.5, 0.6) is 0 Å². The molecule has 1 fully saturated rings. The second kappa shape index (κ2) is 10.5. The fourth-order valence-corrected chi connectivity index (χ4v) is 1.92. The lowest BCUT2D eigenvalue weighted by molar-refractivity contribution is -0.836. The minimum Gasteiger partial charge on any atom is -0.352 e. The molecule has 2 unspecified atom stereocenters. The van der Waals surface area contributed by atoms with E-state index < -0.39 is 0 Å². The maximum Gasteiger partial charge on any atom is 0.158 e. The first-order valence-electron chi connectivity index (χ1n) is 6.55. The summed E-state index contributed by atoms with van der Waals surface area (Å²) in [4.78, 5) is 1.42. The highest BCUT2D eigenvalue weighted by molar-refractivity contribution is 14.1. The van der Waals surface area contributed by atoms with Crippen LogP contribution in [0.2, 0.25) is 0 Å². The maximum atomic E-state index is 5.75. The van der Waals surface area contributed by atoms with Gasteiger partial charge in [0, 0.05) is 10.8 Å². The molecule has 1 N–H and O–H groups in total. The van der Waals surface area contributed by atoms with E-state index in [0.29, 0.717) is 6.10 Å². The number of hydrogen-bond acceptors (Lipinski definition) is 2. The van der Waals surface area contributed by atoms with Gasteiger partial charge < -0.3 is 14.4 Å². The van der Waals surface area contributed by atoms with Crippen molar-refractivity contribution in [3.63, 3.8) is 0 Å². The van der Waals surface area contributed by atoms with E-state index in [2.05, 4.69) is 57.6 Å². The van der Waals surface area contributed by atoms with Gasteiger partial charge in [0.05, 0.1) is 33.9 Å². The summed E-state index contributed by atoms with van der Waals surface area (Å²) in [5.41, 5.74) is 0. The second-order valence-electron chi connectivity index (χ2n) is 5.45. The first kappa shape index (κ1) is 17.6. The van der Waals surface area contributed by atoms with E-state index in [9.17, 15) is 0 Å². The molecule has 1 aliphatic rings. The van der Waals surface area contributed by atoms with Gasteiger partial charge in [-0.3, -0.25) is 0 Å². The largest absolute Gasteiger partial charge is 0.352 e. The third-order valence-corrected chi connectivity index (χ3v) is 2.62. The lowest BCUT2D eigenvalue weighted by Crippen LogP contribution is -3.02. The molecule has 0 aromatic heterocycles. The first-order chi connectivity index (χ1) is 7.95. The van der Waals surface area contributed by atoms with Crippen LogP contribution >= 0.6 is 22.6 Å². The Kier molecular flexibility index (Phi) is 10.9. The summed E-state index contributed by atoms with van der Waals surface area (Å²) >= 11 is 2.32. The highest BCUT2D eigenvalue weighted by atomic mass is 127. The normalized spacial score (nSPS) is 24.0. The molecule has 1 heterocycles. The third-order valence-electron chi connectivity index (χ3n) is 2.18. The fourth-order valence-electron chi connectivity index (χ4n) is 1.67. The highest BCUT2D eigenvalue weighted by Gasteiger charge is 2.25. The quantitative estimate of drug-likeness (QED) is 0.598. The van der Waals surface area contributed by atoms with Crippen molar-refractivity contribution in [1.82, 2.24) is 0 Å². The SMILES string of the molecule is CC(C)CC1CCC(OCCI)O1.C[NH+](C)C. The number of rotatable bonds is 5. The molecule has 0 aromatic carbocycles. The van der Waals surface area contributed by atoms with Crippen LogP contribution < -0.4 is 4.90 Å². The van der Waals surface area contributed by atoms with Gasteiger partial charge in [-0.1, -0.05) is 36.4 Å². The van der Waals surface area contributed by atoms with Gasteiger partial charge in [-0.15, -0.1) is 0 Å². The predicted molar refractivity (Wildman–Crippen MR) is 80.9 cm³/mol. The zero-order valence-corrected chi connectivity index (χ0v) is 14.1. The lowest BCUT2D eigenvalue weighted by atomic mass is 10.0. The van der Waals surface area contributed by atoms with Crippen LogP contribution in [-0.2, 0) is 9.47 Å². The van der Waals surface area contributed by atoms with Crippen molar-refractivity contribution < 1.29 is 14.4 Å². The van der Waals surface area contributed by atoms with Gasteiger partial charge in [0.25, 0.3) is 0 Å². The van der Waals surface area contributed by atoms with Crippen LogP contribution in [0.3, 0.4) is 0 Å². The van der Waals surface area contributed by atoms with Crippen molar-refractivity contribution in [3.05, 3.63) is 0 Å². The Balaban J connectivity index is 0.000000557. The van der Waals surface area contributed by atoms with E-state index in [-0.39, 0.29) is 6.29 Å². The molecule has 0 amide bonds. The molecule has 1 saturated heterocycles. The number of halogens is 1. The summed E-state index contributed by atoms with van der Waals surface area (Å²) in [6, 6.07) is 0. The van der Waals surface area contributed by atoms with Gasteiger partial charge in [-0.05, 0) is 18.8 Å². The maximum absolute atomic E-state index is 5.75. The zero-order valence-electron chi connectivity index (χ0n) is 12.0. The van der Waals surface area contributed by atoms with Crippen LogP contribution in [0.25, 0.3) is 0 Å². The molecule has 1 aliphatic heterocycles. The Hall–Kier alpha value is 0.610. The summed E-state index contributed by atoms with van der Waals surface area (Å²) in [6.07, 6.45) is 3.94. The van der Waals surface area contributed by atoms with Gasteiger partial charge >= 0.3 is 0 Å². The third kappa shape index (κ3) is 11.4. The Bertz CT molecular complexity index is 174. The van der Waals surface area contributed by atoms with Crippen LogP contribution in [0.15, 0.2) is 0 Å². The molecular formula is C13H29INO2+. The molecule has 104 valence electrons. The Labute approximate surface area is 120 Å². The number of hydrogen-bond donors (Lipinski definition) is 1. The van der Waals surface area contributed by atoms with Gasteiger partial charge in [0.2, 0.25) is 0 Å². The molecular weight excluding hydrogens is 329 g/mol. The molecule has 4 heteroatoms. The molecule has 0 spiro atoms. The van der Waals surface area contributed by atoms with Crippen molar-refractivity contribution >= 4 is 22.6 Å². The van der Waals surface area contributed by atoms with Crippen LogP contribution in [0.1, 0.15) is 33.1 Å². The average Bonchev–Trinajstić information content (AvgIpc) is 2.60. The molecule has 2 atom stereocenters. The monoisotopic (exact) mass is 358 g/mol. The Morgan fingerprint density at radius 1 is 1.29 bits per heavy atom. The van der Waals surface area contributed by atoms with E-state index in [0.717, 1.165) is 23.4 Å². The van der Waals surface area contributed by atoms with Gasteiger partial charge in [0.1, 0.15) is 0 Å². The molecule has 0 aromatic rings. The second-order valence-corrected chi connectivity index (χ2v) is 6.53. The zero-order chi connectivity index (χ0) is 13.3. The molecule has 17 heavy (non-hydrogen) atoms. The molecule has 0 saturated carbocycles. The van der Waals surface area contributed by atoms with E-state index in [1.807, 2.05) is 0 Å². The summed E-state index contributed by atoms with van der Waals surface area (Å²) < 4.78 is 12.3. The van der Waals surface area contributed by atoms with E-state index in [4.69, 9.17) is 9.47 Å². The van der Waals surface area contributed by atoms with Gasteiger partial charge in [-0.25, -0.2) is 0 Å². The van der Waals surface area contributed by atoms with Gasteiger partial charge in [0.15, 0.2) is 6.29 Å². The van der Waals surface area contributed by atoms with Gasteiger partial charge in [-0.2, -0.15) is 0 Å². The van der Waals surface area contributed by atoms with Crippen LogP contribution in [0.4, 0.5) is 0 Å². The highest BCUT2D eigenvalue weighted by Crippen LogP contribution is 2.25. The summed E-state index contributed by atoms with van der Waals surface area (Å²) in [6.45, 7) is 5.30. The topological polar surface area (TPSA) is 22.9 Å². The average molecular weight is 358 g/mol. The number of quaternary nitrogens is 1. The fraction of sp³-hybridized carbons (Fsp3) is 1.00. The standard InChI is InChI=1S/C10H19IO2.C3H9N/c1-8(2)7-9-3-4-10(13-9)12-6-5-11;1-4(2)3/h8-10H,3-7H2,1-2H3;1-3H3/p+1. The Morgan fingerprint density at radius 2 is 1.88 bits per heavy atom. The van der Waals surface area contributed by atoms with Crippen LogP contribution in [-0.4, -0.2) is 44.6 Å². The summed E-state index contributed by atoms with van der Waals surface area (Å²) in [7, 11) is 6.25. The van der Waals surface area contributed by atoms with Crippen molar-refractivity contribution in [2.24, 2.45) is 5.92 Å². The molecule has 0 aliphatic carbocycles. The smallest absolute Gasteiger partial charge is 0.158 e. The van der Waals surface area contributed by atoms with E-state index in [1.165, 1.54) is 17.7 Å². The molecule has 1 rings (SSSR count). The van der Waals surface area contributed by atoms with Crippen LogP contribution in [0, 0.1) is 5.92 Å².